The second kappa shape index (κ2) is 16.8. The number of pyridine rings is 3. The van der Waals surface area contributed by atoms with Gasteiger partial charge in [-0.2, -0.15) is 0 Å². The van der Waals surface area contributed by atoms with Crippen LogP contribution < -0.4 is 0 Å². The minimum atomic E-state index is -0.283. The molecule has 0 N–H and O–H groups in total. The van der Waals surface area contributed by atoms with Crippen molar-refractivity contribution in [3.05, 3.63) is 200 Å². The fourth-order valence-corrected chi connectivity index (χ4v) is 5.66. The van der Waals surface area contributed by atoms with Crippen molar-refractivity contribution in [2.45, 2.75) is 0 Å². The summed E-state index contributed by atoms with van der Waals surface area (Å²) in [5, 5.41) is 6.52. The molecule has 0 amide bonds. The SMILES string of the molecule is Fc1c[c-]c(-c2nccc3ccccc23)cc1.Fc1c[c-]c(-c2nccc3ccccc23)cc1.Fc1c[c-]c(-c2nccc3ccccc23)cc1.[Ir]. The maximum absolute atomic E-state index is 12.9. The van der Waals surface area contributed by atoms with E-state index in [2.05, 4.69) is 33.2 Å². The quantitative estimate of drug-likeness (QED) is 0.166. The van der Waals surface area contributed by atoms with Gasteiger partial charge < -0.3 is 15.0 Å². The largest absolute Gasteiger partial charge is 0.304 e. The first-order valence-electron chi connectivity index (χ1n) is 16.1. The van der Waals surface area contributed by atoms with Gasteiger partial charge in [0.1, 0.15) is 0 Å². The van der Waals surface area contributed by atoms with Gasteiger partial charge in [-0.3, -0.25) is 13.2 Å². The molecule has 255 valence electrons. The first kappa shape index (κ1) is 35.8. The molecule has 0 fully saturated rings. The Balaban J connectivity index is 0.000000133. The van der Waals surface area contributed by atoms with Crippen LogP contribution in [-0.4, -0.2) is 15.0 Å². The van der Waals surface area contributed by atoms with Gasteiger partial charge in [0.05, 0.1) is 0 Å². The van der Waals surface area contributed by atoms with Crippen LogP contribution in [0.3, 0.4) is 0 Å². The van der Waals surface area contributed by atoms with Crippen LogP contribution in [0.5, 0.6) is 0 Å². The molecule has 0 aliphatic heterocycles. The van der Waals surface area contributed by atoms with Crippen LogP contribution in [-0.2, 0) is 20.1 Å². The fraction of sp³-hybridized carbons (Fsp3) is 0. The van der Waals surface area contributed by atoms with E-state index in [0.29, 0.717) is 0 Å². The minimum Gasteiger partial charge on any atom is -0.304 e. The van der Waals surface area contributed by atoms with Gasteiger partial charge in [0.25, 0.3) is 0 Å². The molecule has 3 heterocycles. The Bertz CT molecular complexity index is 2260. The Hall–Kier alpha value is -6.01. The van der Waals surface area contributed by atoms with Gasteiger partial charge in [-0.25, -0.2) is 0 Å². The molecule has 0 aliphatic rings. The normalized spacial score (nSPS) is 10.4. The molecule has 7 heteroatoms. The standard InChI is InChI=1S/3C15H9FN.Ir/c3*16-13-7-5-12(6-8-13)15-14-4-2-1-3-11(14)9-10-17-15;/h3*1-5,7-10H;/q3*-1;. The summed E-state index contributed by atoms with van der Waals surface area (Å²) in [4.78, 5) is 13.1. The second-order valence-corrected chi connectivity index (χ2v) is 11.4. The van der Waals surface area contributed by atoms with E-state index in [9.17, 15) is 13.2 Å². The molecule has 0 aliphatic carbocycles. The average molecular weight is 859 g/mol. The van der Waals surface area contributed by atoms with Crippen LogP contribution in [0.1, 0.15) is 0 Å². The number of aromatic nitrogens is 3. The van der Waals surface area contributed by atoms with Gasteiger partial charge in [-0.1, -0.05) is 72.8 Å². The number of halogens is 3. The summed E-state index contributed by atoms with van der Waals surface area (Å²) in [6.07, 6.45) is 5.28. The van der Waals surface area contributed by atoms with E-state index in [1.165, 1.54) is 36.4 Å². The zero-order valence-corrected chi connectivity index (χ0v) is 29.8. The van der Waals surface area contributed by atoms with Crippen molar-refractivity contribution in [1.82, 2.24) is 15.0 Å². The van der Waals surface area contributed by atoms with Gasteiger partial charge in [-0.05, 0) is 67.6 Å². The molecule has 9 aromatic rings. The van der Waals surface area contributed by atoms with E-state index in [-0.39, 0.29) is 37.6 Å². The molecule has 0 atom stereocenters. The van der Waals surface area contributed by atoms with E-state index in [0.717, 1.165) is 66.1 Å². The van der Waals surface area contributed by atoms with Crippen LogP contribution in [0.2, 0.25) is 0 Å². The number of rotatable bonds is 3. The van der Waals surface area contributed by atoms with Gasteiger partial charge in [0, 0.05) is 56.1 Å². The topological polar surface area (TPSA) is 38.7 Å². The molecule has 52 heavy (non-hydrogen) atoms. The maximum atomic E-state index is 12.9. The van der Waals surface area contributed by atoms with Gasteiger partial charge >= 0.3 is 0 Å². The Kier molecular flexibility index (Phi) is 11.6. The maximum Gasteiger partial charge on any atom is 0.0379 e. The fourth-order valence-electron chi connectivity index (χ4n) is 5.66. The van der Waals surface area contributed by atoms with E-state index in [1.807, 2.05) is 91.0 Å². The summed E-state index contributed by atoms with van der Waals surface area (Å²) in [5.41, 5.74) is 4.93. The summed E-state index contributed by atoms with van der Waals surface area (Å²) in [6, 6.07) is 52.0. The molecular formula is C45H27F3IrN3-3. The van der Waals surface area contributed by atoms with E-state index < -0.39 is 0 Å². The summed E-state index contributed by atoms with van der Waals surface area (Å²) in [7, 11) is 0. The monoisotopic (exact) mass is 859 g/mol. The molecular weight excluding hydrogens is 832 g/mol. The van der Waals surface area contributed by atoms with Crippen molar-refractivity contribution in [2.75, 3.05) is 0 Å². The smallest absolute Gasteiger partial charge is 0.0379 e. The van der Waals surface area contributed by atoms with Crippen LogP contribution in [0, 0.1) is 35.7 Å². The minimum absolute atomic E-state index is 0. The van der Waals surface area contributed by atoms with E-state index in [1.54, 1.807) is 36.8 Å². The zero-order valence-electron chi connectivity index (χ0n) is 27.4. The van der Waals surface area contributed by atoms with Crippen LogP contribution in [0.4, 0.5) is 13.2 Å². The van der Waals surface area contributed by atoms with Crippen LogP contribution >= 0.6 is 0 Å². The van der Waals surface area contributed by atoms with Gasteiger partial charge in [0.2, 0.25) is 0 Å². The summed E-state index contributed by atoms with van der Waals surface area (Å²) in [5.74, 6) is -0.850. The molecule has 9 rings (SSSR count). The Morgan fingerprint density at radius 1 is 0.346 bits per heavy atom. The first-order chi connectivity index (χ1) is 25.0. The average Bonchev–Trinajstić information content (AvgIpc) is 3.19. The predicted molar refractivity (Wildman–Crippen MR) is 198 cm³/mol. The summed E-state index contributed by atoms with van der Waals surface area (Å²) >= 11 is 0. The molecule has 0 unspecified atom stereocenters. The van der Waals surface area contributed by atoms with Crippen LogP contribution in [0.15, 0.2) is 164 Å². The number of benzene rings is 6. The Morgan fingerprint density at radius 3 is 0.904 bits per heavy atom. The summed E-state index contributed by atoms with van der Waals surface area (Å²) < 4.78 is 38.6. The van der Waals surface area contributed by atoms with E-state index >= 15 is 0 Å². The first-order valence-corrected chi connectivity index (χ1v) is 16.1. The van der Waals surface area contributed by atoms with E-state index in [4.69, 9.17) is 0 Å². The molecule has 0 bridgehead atoms. The van der Waals surface area contributed by atoms with Crippen LogP contribution in [0.25, 0.3) is 66.1 Å². The molecule has 1 radical (unpaired) electrons. The number of hydrogen-bond donors (Lipinski definition) is 0. The Morgan fingerprint density at radius 2 is 0.635 bits per heavy atom. The zero-order chi connectivity index (χ0) is 35.0. The third-order valence-corrected chi connectivity index (χ3v) is 8.11. The number of nitrogens with zero attached hydrogens (tertiary/aromatic N) is 3. The molecule has 3 nitrogen and oxygen atoms in total. The van der Waals surface area contributed by atoms with Crippen molar-refractivity contribution in [3.8, 4) is 33.8 Å². The number of hydrogen-bond acceptors (Lipinski definition) is 3. The van der Waals surface area contributed by atoms with Crippen molar-refractivity contribution in [2.24, 2.45) is 0 Å². The van der Waals surface area contributed by atoms with Crippen molar-refractivity contribution in [3.63, 3.8) is 0 Å². The van der Waals surface area contributed by atoms with Gasteiger partial charge in [0.15, 0.2) is 0 Å². The third kappa shape index (κ3) is 8.30. The Labute approximate surface area is 312 Å². The molecule has 0 saturated heterocycles. The molecule has 0 spiro atoms. The second-order valence-electron chi connectivity index (χ2n) is 11.4. The van der Waals surface area contributed by atoms with Crippen molar-refractivity contribution >= 4 is 32.3 Å². The predicted octanol–water partition coefficient (Wildman–Crippen LogP) is 11.5. The molecule has 6 aromatic carbocycles. The number of fused-ring (bicyclic) bond motifs is 3. The van der Waals surface area contributed by atoms with Crippen molar-refractivity contribution in [1.29, 1.82) is 0 Å². The van der Waals surface area contributed by atoms with Gasteiger partial charge in [-0.15, -0.1) is 89.5 Å². The molecule has 0 saturated carbocycles. The molecule has 3 aromatic heterocycles. The summed E-state index contributed by atoms with van der Waals surface area (Å²) in [6.45, 7) is 0. The van der Waals surface area contributed by atoms with Crippen molar-refractivity contribution < 1.29 is 33.3 Å². The third-order valence-electron chi connectivity index (χ3n) is 8.11.